The molecule has 0 radical (unpaired) electrons. The lowest BCUT2D eigenvalue weighted by molar-refractivity contribution is 0.0994. The number of nitrogens with one attached hydrogen (secondary N) is 1. The number of para-hydroxylation sites is 1. The number of carbonyl (C=O) groups excluding carboxylic acids is 1. The van der Waals surface area contributed by atoms with Gasteiger partial charge in [-0.1, -0.05) is 29.8 Å². The Morgan fingerprint density at radius 3 is 2.77 bits per heavy atom. The Labute approximate surface area is 149 Å². The molecule has 4 aromatic rings. The third-order valence-electron chi connectivity index (χ3n) is 4.29. The second kappa shape index (κ2) is 6.07. The Kier molecular flexibility index (Phi) is 3.73. The number of aromatic amines is 1. The van der Waals surface area contributed by atoms with Crippen molar-refractivity contribution in [1.82, 2.24) is 9.97 Å². The molecule has 0 fully saturated rings. The van der Waals surface area contributed by atoms with Crippen molar-refractivity contribution in [1.29, 1.82) is 0 Å². The lowest BCUT2D eigenvalue weighted by atomic mass is 10.1. The molecule has 26 heavy (non-hydrogen) atoms. The van der Waals surface area contributed by atoms with Gasteiger partial charge in [-0.15, -0.1) is 10.2 Å². The van der Waals surface area contributed by atoms with E-state index < -0.39 is 5.91 Å². The topological polar surface area (TPSA) is 90.7 Å². The normalized spacial score (nSPS) is 11.6. The van der Waals surface area contributed by atoms with Crippen LogP contribution < -0.4 is 0 Å². The van der Waals surface area contributed by atoms with E-state index in [1.807, 2.05) is 49.4 Å². The van der Waals surface area contributed by atoms with Crippen molar-refractivity contribution in [3.8, 4) is 5.88 Å². The number of pyridine rings is 1. The van der Waals surface area contributed by atoms with Crippen molar-refractivity contribution >= 4 is 33.4 Å². The van der Waals surface area contributed by atoms with Crippen molar-refractivity contribution < 1.29 is 9.90 Å². The minimum absolute atomic E-state index is 0.115. The zero-order chi connectivity index (χ0) is 18.3. The van der Waals surface area contributed by atoms with Gasteiger partial charge in [-0.25, -0.2) is 0 Å². The molecular weight excluding hydrogens is 328 g/mol. The van der Waals surface area contributed by atoms with E-state index >= 15 is 0 Å². The van der Waals surface area contributed by atoms with Crippen LogP contribution in [0.1, 0.15) is 21.6 Å². The highest BCUT2D eigenvalue weighted by Gasteiger charge is 2.14. The number of hydrogen-bond donors (Lipinski definition) is 2. The summed E-state index contributed by atoms with van der Waals surface area (Å²) in [5, 5.41) is 19.5. The number of hydrogen-bond acceptors (Lipinski definition) is 4. The zero-order valence-corrected chi connectivity index (χ0v) is 14.3. The third kappa shape index (κ3) is 2.71. The quantitative estimate of drug-likeness (QED) is 0.503. The summed E-state index contributed by atoms with van der Waals surface area (Å²) < 4.78 is 0. The van der Waals surface area contributed by atoms with E-state index in [4.69, 9.17) is 0 Å². The van der Waals surface area contributed by atoms with Gasteiger partial charge in [-0.3, -0.25) is 9.78 Å². The molecule has 0 unspecified atom stereocenters. The number of aromatic hydroxyl groups is 1. The molecule has 6 heteroatoms. The minimum atomic E-state index is -0.498. The fraction of sp³-hybridized carbons (Fsp3) is 0.100. The first kappa shape index (κ1) is 16.0. The molecular formula is C20H16N4O2. The molecule has 1 amide bonds. The summed E-state index contributed by atoms with van der Waals surface area (Å²) >= 11 is 0. The predicted molar refractivity (Wildman–Crippen MR) is 100 cm³/mol. The molecule has 0 aliphatic rings. The SMILES string of the molecule is Cc1ccc2[nH]c(O)c(N=NC(=O)c3cc4ccccc4nc3C)c2c1. The van der Waals surface area contributed by atoms with E-state index in [9.17, 15) is 9.90 Å². The van der Waals surface area contributed by atoms with E-state index in [-0.39, 0.29) is 11.6 Å². The molecule has 2 aromatic heterocycles. The summed E-state index contributed by atoms with van der Waals surface area (Å²) in [6.45, 7) is 3.71. The fourth-order valence-corrected chi connectivity index (χ4v) is 2.96. The largest absolute Gasteiger partial charge is 0.493 e. The van der Waals surface area contributed by atoms with Gasteiger partial charge < -0.3 is 10.1 Å². The van der Waals surface area contributed by atoms with Crippen LogP contribution in [0.3, 0.4) is 0 Å². The maximum atomic E-state index is 12.5. The van der Waals surface area contributed by atoms with Crippen molar-refractivity contribution in [3.63, 3.8) is 0 Å². The van der Waals surface area contributed by atoms with Crippen molar-refractivity contribution in [2.45, 2.75) is 13.8 Å². The highest BCUT2D eigenvalue weighted by atomic mass is 16.3. The van der Waals surface area contributed by atoms with Crippen molar-refractivity contribution in [2.75, 3.05) is 0 Å². The minimum Gasteiger partial charge on any atom is -0.493 e. The highest BCUT2D eigenvalue weighted by molar-refractivity contribution is 6.00. The maximum absolute atomic E-state index is 12.5. The molecule has 0 aliphatic heterocycles. The standard InChI is InChI=1S/C20H16N4O2/c1-11-7-8-17-15(9-11)18(20(26)22-17)23-24-19(25)14-10-13-5-3-4-6-16(13)21-12(14)2/h3-10,22,26H,1-2H3. The molecule has 2 aromatic carbocycles. The number of aromatic nitrogens is 2. The summed E-state index contributed by atoms with van der Waals surface area (Å²) in [6.07, 6.45) is 0. The molecule has 2 N–H and O–H groups in total. The lowest BCUT2D eigenvalue weighted by Crippen LogP contribution is -2.00. The molecule has 128 valence electrons. The molecule has 0 aliphatic carbocycles. The Morgan fingerprint density at radius 2 is 1.92 bits per heavy atom. The van der Waals surface area contributed by atoms with Crippen LogP contribution in [0.25, 0.3) is 21.8 Å². The number of carbonyl (C=O) groups is 1. The van der Waals surface area contributed by atoms with Crippen LogP contribution in [0.5, 0.6) is 5.88 Å². The summed E-state index contributed by atoms with van der Waals surface area (Å²) in [5.41, 5.74) is 3.81. The van der Waals surface area contributed by atoms with Crippen LogP contribution in [0.15, 0.2) is 58.8 Å². The van der Waals surface area contributed by atoms with Crippen molar-refractivity contribution in [2.24, 2.45) is 10.2 Å². The van der Waals surface area contributed by atoms with Gasteiger partial charge in [0.2, 0.25) is 5.88 Å². The van der Waals surface area contributed by atoms with Gasteiger partial charge in [0.05, 0.1) is 22.3 Å². The van der Waals surface area contributed by atoms with E-state index in [1.165, 1.54) is 0 Å². The van der Waals surface area contributed by atoms with E-state index in [1.54, 1.807) is 13.0 Å². The van der Waals surface area contributed by atoms with E-state index in [0.717, 1.165) is 22.0 Å². The number of rotatable bonds is 2. The zero-order valence-electron chi connectivity index (χ0n) is 14.3. The molecule has 0 saturated carbocycles. The number of aryl methyl sites for hydroxylation is 2. The van der Waals surface area contributed by atoms with Gasteiger partial charge >= 0.3 is 0 Å². The van der Waals surface area contributed by atoms with Gasteiger partial charge in [0, 0.05) is 10.8 Å². The molecule has 0 saturated heterocycles. The average Bonchev–Trinajstić information content (AvgIpc) is 2.93. The van der Waals surface area contributed by atoms with E-state index in [0.29, 0.717) is 16.6 Å². The van der Waals surface area contributed by atoms with Crippen LogP contribution >= 0.6 is 0 Å². The summed E-state index contributed by atoms with van der Waals surface area (Å²) in [6, 6.07) is 15.0. The monoisotopic (exact) mass is 344 g/mol. The predicted octanol–water partition coefficient (Wildman–Crippen LogP) is 4.96. The average molecular weight is 344 g/mol. The fourth-order valence-electron chi connectivity index (χ4n) is 2.96. The second-order valence-corrected chi connectivity index (χ2v) is 6.19. The number of benzene rings is 2. The van der Waals surface area contributed by atoms with Gasteiger partial charge in [0.1, 0.15) is 0 Å². The second-order valence-electron chi connectivity index (χ2n) is 6.19. The Hall–Kier alpha value is -3.54. The molecule has 0 bridgehead atoms. The number of fused-ring (bicyclic) bond motifs is 2. The van der Waals surface area contributed by atoms with Gasteiger partial charge in [0.15, 0.2) is 5.69 Å². The number of H-pyrrole nitrogens is 1. The Balaban J connectivity index is 1.74. The molecule has 4 rings (SSSR count). The summed E-state index contributed by atoms with van der Waals surface area (Å²) in [4.78, 5) is 19.8. The first-order chi connectivity index (χ1) is 12.5. The lowest BCUT2D eigenvalue weighted by Gasteiger charge is -2.03. The van der Waals surface area contributed by atoms with Crippen LogP contribution in [-0.2, 0) is 0 Å². The molecule has 6 nitrogen and oxygen atoms in total. The smallest absolute Gasteiger partial charge is 0.297 e. The maximum Gasteiger partial charge on any atom is 0.297 e. The molecule has 0 atom stereocenters. The highest BCUT2D eigenvalue weighted by Crippen LogP contribution is 2.36. The van der Waals surface area contributed by atoms with Crippen LogP contribution in [0, 0.1) is 13.8 Å². The number of azo groups is 1. The van der Waals surface area contributed by atoms with Crippen LogP contribution in [-0.4, -0.2) is 21.0 Å². The number of amides is 1. The first-order valence-corrected chi connectivity index (χ1v) is 8.16. The van der Waals surface area contributed by atoms with Gasteiger partial charge in [-0.05, 0) is 38.1 Å². The first-order valence-electron chi connectivity index (χ1n) is 8.16. The third-order valence-corrected chi connectivity index (χ3v) is 4.29. The van der Waals surface area contributed by atoms with Crippen LogP contribution in [0.4, 0.5) is 5.69 Å². The van der Waals surface area contributed by atoms with Gasteiger partial charge in [-0.2, -0.15) is 0 Å². The summed E-state index contributed by atoms with van der Waals surface area (Å²) in [7, 11) is 0. The Morgan fingerprint density at radius 1 is 1.12 bits per heavy atom. The number of nitrogens with zero attached hydrogens (tertiary/aromatic N) is 3. The molecule has 0 spiro atoms. The summed E-state index contributed by atoms with van der Waals surface area (Å²) in [5.74, 6) is -0.613. The van der Waals surface area contributed by atoms with E-state index in [2.05, 4.69) is 20.2 Å². The molecule has 2 heterocycles. The Bertz CT molecular complexity index is 1190. The van der Waals surface area contributed by atoms with Crippen LogP contribution in [0.2, 0.25) is 0 Å². The van der Waals surface area contributed by atoms with Crippen molar-refractivity contribution in [3.05, 3.63) is 65.4 Å². The van der Waals surface area contributed by atoms with Gasteiger partial charge in [0.25, 0.3) is 5.91 Å².